The standard InChI is InChI=1S/C21H28N2O4S/c1-16-11-13-23(14-12-16)28(25,26)20-9-6-18(7-10-20)21(24)22-17(2)5-8-19-4-3-15-27-19/h3-4,6-7,9-10,15-17H,5,8,11-14H2,1-2H3,(H,22,24). The van der Waals surface area contributed by atoms with E-state index >= 15 is 0 Å². The van der Waals surface area contributed by atoms with Crippen molar-refractivity contribution in [3.8, 4) is 0 Å². The number of sulfonamides is 1. The molecule has 1 unspecified atom stereocenters. The maximum atomic E-state index is 12.8. The molecule has 6 nitrogen and oxygen atoms in total. The van der Waals surface area contributed by atoms with Crippen LogP contribution in [0, 0.1) is 5.92 Å². The molecular weight excluding hydrogens is 376 g/mol. The molecule has 1 aromatic heterocycles. The van der Waals surface area contributed by atoms with E-state index in [4.69, 9.17) is 4.42 Å². The minimum Gasteiger partial charge on any atom is -0.469 e. The van der Waals surface area contributed by atoms with Crippen LogP contribution >= 0.6 is 0 Å². The molecule has 1 aromatic carbocycles. The third-order valence-corrected chi connectivity index (χ3v) is 7.19. The molecule has 7 heteroatoms. The van der Waals surface area contributed by atoms with E-state index in [2.05, 4.69) is 12.2 Å². The highest BCUT2D eigenvalue weighted by Crippen LogP contribution is 2.23. The van der Waals surface area contributed by atoms with Crippen molar-refractivity contribution in [1.29, 1.82) is 0 Å². The van der Waals surface area contributed by atoms with Crippen LogP contribution in [0.2, 0.25) is 0 Å². The summed E-state index contributed by atoms with van der Waals surface area (Å²) in [5, 5.41) is 2.94. The molecular formula is C21H28N2O4S. The van der Waals surface area contributed by atoms with Gasteiger partial charge in [-0.15, -0.1) is 0 Å². The summed E-state index contributed by atoms with van der Waals surface area (Å²) in [6.07, 6.45) is 4.92. The molecule has 0 aliphatic carbocycles. The number of amides is 1. The van der Waals surface area contributed by atoms with Gasteiger partial charge < -0.3 is 9.73 Å². The van der Waals surface area contributed by atoms with Gasteiger partial charge in [-0.3, -0.25) is 4.79 Å². The van der Waals surface area contributed by atoms with Crippen molar-refractivity contribution in [2.24, 2.45) is 5.92 Å². The minimum atomic E-state index is -3.49. The molecule has 3 rings (SSSR count). The van der Waals surface area contributed by atoms with Crippen LogP contribution in [0.15, 0.2) is 52.0 Å². The van der Waals surface area contributed by atoms with E-state index in [1.165, 1.54) is 12.1 Å². The van der Waals surface area contributed by atoms with Gasteiger partial charge in [0.25, 0.3) is 5.91 Å². The van der Waals surface area contributed by atoms with Crippen molar-refractivity contribution in [1.82, 2.24) is 9.62 Å². The summed E-state index contributed by atoms with van der Waals surface area (Å²) in [6.45, 7) is 5.20. The molecule has 152 valence electrons. The number of furan rings is 1. The zero-order valence-corrected chi connectivity index (χ0v) is 17.2. The molecule has 0 radical (unpaired) electrons. The fourth-order valence-corrected chi connectivity index (χ4v) is 4.82. The predicted octanol–water partition coefficient (Wildman–Crippen LogP) is 3.45. The Bertz CT molecular complexity index is 868. The van der Waals surface area contributed by atoms with Gasteiger partial charge in [0.15, 0.2) is 0 Å². The number of aryl methyl sites for hydroxylation is 1. The van der Waals surface area contributed by atoms with Gasteiger partial charge in [0.05, 0.1) is 11.2 Å². The Kier molecular flexibility index (Phi) is 6.57. The van der Waals surface area contributed by atoms with Crippen LogP contribution in [-0.2, 0) is 16.4 Å². The molecule has 1 atom stereocenters. The third kappa shape index (κ3) is 5.02. The van der Waals surface area contributed by atoms with Crippen molar-refractivity contribution < 1.29 is 17.6 Å². The third-order valence-electron chi connectivity index (χ3n) is 5.28. The number of rotatable bonds is 7. The van der Waals surface area contributed by atoms with Gasteiger partial charge in [-0.1, -0.05) is 6.92 Å². The second-order valence-electron chi connectivity index (χ2n) is 7.60. The Hall–Kier alpha value is -2.12. The SMILES string of the molecule is CC1CCN(S(=O)(=O)c2ccc(C(=O)NC(C)CCc3ccco3)cc2)CC1. The summed E-state index contributed by atoms with van der Waals surface area (Å²) in [6, 6.07) is 9.94. The van der Waals surface area contributed by atoms with Crippen LogP contribution in [0.25, 0.3) is 0 Å². The fourth-order valence-electron chi connectivity index (χ4n) is 3.35. The summed E-state index contributed by atoms with van der Waals surface area (Å²) in [5.74, 6) is 1.25. The zero-order chi connectivity index (χ0) is 20.1. The minimum absolute atomic E-state index is 0.0173. The summed E-state index contributed by atoms with van der Waals surface area (Å²) in [4.78, 5) is 12.7. The van der Waals surface area contributed by atoms with E-state index in [-0.39, 0.29) is 16.8 Å². The Morgan fingerprint density at radius 3 is 2.50 bits per heavy atom. The van der Waals surface area contributed by atoms with Crippen LogP contribution in [-0.4, -0.2) is 37.8 Å². The monoisotopic (exact) mass is 404 g/mol. The van der Waals surface area contributed by atoms with E-state index in [9.17, 15) is 13.2 Å². The van der Waals surface area contributed by atoms with Gasteiger partial charge in [0, 0.05) is 31.1 Å². The summed E-state index contributed by atoms with van der Waals surface area (Å²) >= 11 is 0. The number of hydrogen-bond donors (Lipinski definition) is 1. The van der Waals surface area contributed by atoms with Crippen molar-refractivity contribution >= 4 is 15.9 Å². The molecule has 1 saturated heterocycles. The number of hydrogen-bond acceptors (Lipinski definition) is 4. The van der Waals surface area contributed by atoms with Gasteiger partial charge in [0.1, 0.15) is 5.76 Å². The summed E-state index contributed by atoms with van der Waals surface area (Å²) in [7, 11) is -3.49. The second kappa shape index (κ2) is 8.92. The molecule has 1 aliphatic heterocycles. The van der Waals surface area contributed by atoms with Crippen molar-refractivity contribution in [3.05, 3.63) is 54.0 Å². The summed E-state index contributed by atoms with van der Waals surface area (Å²) < 4.78 is 32.4. The van der Waals surface area contributed by atoms with Crippen LogP contribution in [0.1, 0.15) is 49.2 Å². The molecule has 1 amide bonds. The Morgan fingerprint density at radius 1 is 1.21 bits per heavy atom. The Morgan fingerprint density at radius 2 is 1.89 bits per heavy atom. The first kappa shape index (κ1) is 20.6. The van der Waals surface area contributed by atoms with Gasteiger partial charge >= 0.3 is 0 Å². The highest BCUT2D eigenvalue weighted by Gasteiger charge is 2.28. The highest BCUT2D eigenvalue weighted by molar-refractivity contribution is 7.89. The van der Waals surface area contributed by atoms with Crippen LogP contribution < -0.4 is 5.32 Å². The van der Waals surface area contributed by atoms with Crippen molar-refractivity contribution in [2.75, 3.05) is 13.1 Å². The van der Waals surface area contributed by atoms with Crippen molar-refractivity contribution in [3.63, 3.8) is 0 Å². The fraction of sp³-hybridized carbons (Fsp3) is 0.476. The lowest BCUT2D eigenvalue weighted by atomic mass is 10.0. The normalized spacial score (nSPS) is 17.4. The van der Waals surface area contributed by atoms with Gasteiger partial charge in [-0.2, -0.15) is 4.31 Å². The van der Waals surface area contributed by atoms with Gasteiger partial charge in [0.2, 0.25) is 10.0 Å². The molecule has 1 fully saturated rings. The summed E-state index contributed by atoms with van der Waals surface area (Å²) in [5.41, 5.74) is 0.455. The molecule has 1 aliphatic rings. The van der Waals surface area contributed by atoms with E-state index in [0.717, 1.165) is 31.4 Å². The number of nitrogens with zero attached hydrogens (tertiary/aromatic N) is 1. The molecule has 2 aromatic rings. The van der Waals surface area contributed by atoms with Crippen molar-refractivity contribution in [2.45, 2.75) is 50.5 Å². The smallest absolute Gasteiger partial charge is 0.251 e. The Balaban J connectivity index is 1.57. The van der Waals surface area contributed by atoms with Gasteiger partial charge in [-0.25, -0.2) is 8.42 Å². The number of carbonyl (C=O) groups is 1. The second-order valence-corrected chi connectivity index (χ2v) is 9.54. The molecule has 2 heterocycles. The molecule has 0 saturated carbocycles. The van der Waals surface area contributed by atoms with E-state index in [0.29, 0.717) is 24.6 Å². The molecule has 28 heavy (non-hydrogen) atoms. The first-order valence-electron chi connectivity index (χ1n) is 9.79. The van der Waals surface area contributed by atoms with E-state index < -0.39 is 10.0 Å². The predicted molar refractivity (Wildman–Crippen MR) is 108 cm³/mol. The maximum absolute atomic E-state index is 12.8. The molecule has 1 N–H and O–H groups in total. The van der Waals surface area contributed by atoms with Gasteiger partial charge in [-0.05, 0) is 68.5 Å². The van der Waals surface area contributed by atoms with Crippen LogP contribution in [0.4, 0.5) is 0 Å². The average molecular weight is 405 g/mol. The lowest BCUT2D eigenvalue weighted by Gasteiger charge is -2.29. The van der Waals surface area contributed by atoms with E-state index in [1.54, 1.807) is 22.7 Å². The lowest BCUT2D eigenvalue weighted by molar-refractivity contribution is 0.0938. The lowest BCUT2D eigenvalue weighted by Crippen LogP contribution is -2.37. The zero-order valence-electron chi connectivity index (χ0n) is 16.4. The highest BCUT2D eigenvalue weighted by atomic mass is 32.2. The number of benzene rings is 1. The number of carbonyl (C=O) groups excluding carboxylic acids is 1. The topological polar surface area (TPSA) is 79.6 Å². The molecule has 0 spiro atoms. The number of piperidine rings is 1. The number of nitrogens with one attached hydrogen (secondary N) is 1. The van der Waals surface area contributed by atoms with Crippen LogP contribution in [0.3, 0.4) is 0 Å². The maximum Gasteiger partial charge on any atom is 0.251 e. The average Bonchev–Trinajstić information content (AvgIpc) is 3.20. The van der Waals surface area contributed by atoms with Crippen LogP contribution in [0.5, 0.6) is 0 Å². The van der Waals surface area contributed by atoms with E-state index in [1.807, 2.05) is 19.1 Å². The first-order chi connectivity index (χ1) is 13.4. The Labute approximate surface area is 167 Å². The quantitative estimate of drug-likeness (QED) is 0.766. The molecule has 0 bridgehead atoms. The first-order valence-corrected chi connectivity index (χ1v) is 11.2. The largest absolute Gasteiger partial charge is 0.469 e.